The molecule has 120 valence electrons. The summed E-state index contributed by atoms with van der Waals surface area (Å²) in [6.45, 7) is 4.07. The van der Waals surface area contributed by atoms with E-state index in [4.69, 9.17) is 10.2 Å². The molecule has 21 heavy (non-hydrogen) atoms. The maximum atomic E-state index is 12.2. The molecule has 0 aliphatic rings. The highest BCUT2D eigenvalue weighted by Crippen LogP contribution is 2.32. The predicted octanol–water partition coefficient (Wildman–Crippen LogP) is 2.29. The molecule has 0 spiro atoms. The summed E-state index contributed by atoms with van der Waals surface area (Å²) in [5, 5.41) is 17.7. The Labute approximate surface area is 136 Å². The zero-order valence-electron chi connectivity index (χ0n) is 11.7. The molecule has 1 rings (SSSR count). The summed E-state index contributed by atoms with van der Waals surface area (Å²) in [5.74, 6) is -1.16. The summed E-state index contributed by atoms with van der Waals surface area (Å²) in [6.07, 6.45) is 1.28. The number of carboxylic acids is 1. The molecule has 0 bridgehead atoms. The van der Waals surface area contributed by atoms with Gasteiger partial charge in [-0.15, -0.1) is 11.3 Å². The Balaban J connectivity index is 2.85. The molecule has 3 N–H and O–H groups in total. The third-order valence-corrected chi connectivity index (χ3v) is 6.55. The number of nitrogens with one attached hydrogen (secondary N) is 1. The van der Waals surface area contributed by atoms with Gasteiger partial charge in [0, 0.05) is 13.2 Å². The van der Waals surface area contributed by atoms with Crippen LogP contribution >= 0.6 is 27.3 Å². The van der Waals surface area contributed by atoms with Crippen LogP contribution in [0.4, 0.5) is 0 Å². The second-order valence-corrected chi connectivity index (χ2v) is 9.48. The molecule has 0 fully saturated rings. The number of rotatable bonds is 8. The van der Waals surface area contributed by atoms with Crippen molar-refractivity contribution in [3.05, 3.63) is 14.7 Å². The van der Waals surface area contributed by atoms with Crippen molar-refractivity contribution in [3.8, 4) is 0 Å². The molecular weight excluding hydrogens is 382 g/mol. The summed E-state index contributed by atoms with van der Waals surface area (Å²) in [4.78, 5) is 10.8. The maximum Gasteiger partial charge on any atom is 0.345 e. The van der Waals surface area contributed by atoms with E-state index in [0.29, 0.717) is 12.8 Å². The first-order valence-electron chi connectivity index (χ1n) is 6.22. The fourth-order valence-corrected chi connectivity index (χ4v) is 5.30. The minimum Gasteiger partial charge on any atom is -0.477 e. The minimum absolute atomic E-state index is 0.0400. The number of hydrogen-bond donors (Lipinski definition) is 3. The van der Waals surface area contributed by atoms with Gasteiger partial charge in [0.2, 0.25) is 10.0 Å². The van der Waals surface area contributed by atoms with Crippen LogP contribution in [0, 0.1) is 5.41 Å². The van der Waals surface area contributed by atoms with Crippen molar-refractivity contribution >= 4 is 43.3 Å². The van der Waals surface area contributed by atoms with E-state index in [1.165, 1.54) is 0 Å². The molecule has 0 saturated carbocycles. The number of thiophene rings is 1. The quantitative estimate of drug-likeness (QED) is 0.621. The molecule has 1 aromatic rings. The Morgan fingerprint density at radius 3 is 2.57 bits per heavy atom. The lowest BCUT2D eigenvalue weighted by Crippen LogP contribution is -2.34. The summed E-state index contributed by atoms with van der Waals surface area (Å²) in [7, 11) is -3.77. The molecule has 0 amide bonds. The molecule has 9 heteroatoms. The van der Waals surface area contributed by atoms with Crippen LogP contribution in [-0.2, 0) is 10.0 Å². The summed E-state index contributed by atoms with van der Waals surface area (Å²) in [6, 6.07) is 1.14. The molecule has 0 aliphatic heterocycles. The molecule has 0 saturated heterocycles. The monoisotopic (exact) mass is 399 g/mol. The topological polar surface area (TPSA) is 104 Å². The molecule has 0 radical (unpaired) electrons. The van der Waals surface area contributed by atoms with Crippen LogP contribution in [0.5, 0.6) is 0 Å². The predicted molar refractivity (Wildman–Crippen MR) is 84.3 cm³/mol. The number of sulfonamides is 1. The van der Waals surface area contributed by atoms with Crippen LogP contribution in [-0.4, -0.2) is 37.8 Å². The first-order chi connectivity index (χ1) is 9.59. The highest BCUT2D eigenvalue weighted by Gasteiger charge is 2.26. The van der Waals surface area contributed by atoms with E-state index in [1.54, 1.807) is 0 Å². The lowest BCUT2D eigenvalue weighted by Gasteiger charge is -2.24. The third kappa shape index (κ3) is 5.33. The van der Waals surface area contributed by atoms with Gasteiger partial charge >= 0.3 is 5.97 Å². The Morgan fingerprint density at radius 2 is 2.10 bits per heavy atom. The van der Waals surface area contributed by atoms with Crippen molar-refractivity contribution in [3.63, 3.8) is 0 Å². The van der Waals surface area contributed by atoms with Crippen molar-refractivity contribution in [2.75, 3.05) is 13.2 Å². The normalized spacial score (nSPS) is 12.6. The van der Waals surface area contributed by atoms with E-state index >= 15 is 0 Å². The van der Waals surface area contributed by atoms with Crippen LogP contribution in [0.1, 0.15) is 36.4 Å². The van der Waals surface area contributed by atoms with E-state index in [9.17, 15) is 13.2 Å². The van der Waals surface area contributed by atoms with Crippen molar-refractivity contribution < 1.29 is 23.4 Å². The van der Waals surface area contributed by atoms with E-state index in [-0.39, 0.29) is 32.1 Å². The van der Waals surface area contributed by atoms with Gasteiger partial charge in [-0.3, -0.25) is 0 Å². The van der Waals surface area contributed by atoms with Gasteiger partial charge in [0.1, 0.15) is 9.77 Å². The Bertz CT molecular complexity index is 609. The molecular formula is C12H18BrNO5S2. The molecule has 0 aliphatic carbocycles. The average Bonchev–Trinajstić information content (AvgIpc) is 2.78. The van der Waals surface area contributed by atoms with Gasteiger partial charge in [-0.25, -0.2) is 17.9 Å². The second kappa shape index (κ2) is 7.19. The maximum absolute atomic E-state index is 12.2. The highest BCUT2D eigenvalue weighted by atomic mass is 79.9. The zero-order chi connectivity index (χ0) is 16.3. The number of halogens is 1. The number of aliphatic hydroxyl groups excluding tert-OH is 1. The molecule has 0 atom stereocenters. The number of carboxylic acid groups (broad SMARTS) is 1. The fraction of sp³-hybridized carbons (Fsp3) is 0.583. The van der Waals surface area contributed by atoms with E-state index in [1.807, 2.05) is 13.8 Å². The first-order valence-corrected chi connectivity index (χ1v) is 9.31. The summed E-state index contributed by atoms with van der Waals surface area (Å²) >= 11 is 3.95. The van der Waals surface area contributed by atoms with E-state index in [2.05, 4.69) is 20.7 Å². The number of carbonyl (C=O) groups is 1. The first kappa shape index (κ1) is 18.6. The van der Waals surface area contributed by atoms with Crippen LogP contribution in [0.3, 0.4) is 0 Å². The third-order valence-electron chi connectivity index (χ3n) is 2.91. The fourth-order valence-electron chi connectivity index (χ4n) is 1.65. The van der Waals surface area contributed by atoms with Gasteiger partial charge in [-0.05, 0) is 40.3 Å². The van der Waals surface area contributed by atoms with Gasteiger partial charge in [-0.1, -0.05) is 13.8 Å². The molecule has 6 nitrogen and oxygen atoms in total. The van der Waals surface area contributed by atoms with E-state index in [0.717, 1.165) is 17.4 Å². The van der Waals surface area contributed by atoms with Crippen molar-refractivity contribution in [1.29, 1.82) is 0 Å². The van der Waals surface area contributed by atoms with Crippen LogP contribution in [0.15, 0.2) is 14.7 Å². The summed E-state index contributed by atoms with van der Waals surface area (Å²) < 4.78 is 27.2. The SMILES string of the molecule is CC(C)(CCCO)CNS(=O)(=O)c1cc(C(=O)O)sc1Br. The minimum atomic E-state index is -3.77. The van der Waals surface area contributed by atoms with Crippen LogP contribution < -0.4 is 4.72 Å². The second-order valence-electron chi connectivity index (χ2n) is 5.37. The lowest BCUT2D eigenvalue weighted by atomic mass is 9.88. The van der Waals surface area contributed by atoms with Crippen LogP contribution in [0.2, 0.25) is 0 Å². The highest BCUT2D eigenvalue weighted by molar-refractivity contribution is 9.11. The van der Waals surface area contributed by atoms with Crippen LogP contribution in [0.25, 0.3) is 0 Å². The standard InChI is InChI=1S/C12H18BrNO5S2/c1-12(2,4-3-5-15)7-14-21(18,19)9-6-8(11(16)17)20-10(9)13/h6,14-15H,3-5,7H2,1-2H3,(H,16,17). The Hall–Kier alpha value is -0.480. The van der Waals surface area contributed by atoms with Gasteiger partial charge in [0.15, 0.2) is 0 Å². The largest absolute Gasteiger partial charge is 0.477 e. The Kier molecular flexibility index (Phi) is 6.36. The van der Waals surface area contributed by atoms with E-state index < -0.39 is 16.0 Å². The van der Waals surface area contributed by atoms with Gasteiger partial charge < -0.3 is 10.2 Å². The smallest absolute Gasteiger partial charge is 0.345 e. The molecule has 1 aromatic heterocycles. The van der Waals surface area contributed by atoms with Crippen molar-refractivity contribution in [2.45, 2.75) is 31.6 Å². The molecule has 0 unspecified atom stereocenters. The lowest BCUT2D eigenvalue weighted by molar-refractivity contribution is 0.0702. The van der Waals surface area contributed by atoms with Crippen molar-refractivity contribution in [2.24, 2.45) is 5.41 Å². The summed E-state index contributed by atoms with van der Waals surface area (Å²) in [5.41, 5.74) is -0.298. The molecule has 0 aromatic carbocycles. The molecule has 1 heterocycles. The Morgan fingerprint density at radius 1 is 1.48 bits per heavy atom. The van der Waals surface area contributed by atoms with Gasteiger partial charge in [-0.2, -0.15) is 0 Å². The number of hydrogen-bond acceptors (Lipinski definition) is 5. The number of aliphatic hydroxyl groups is 1. The number of aromatic carboxylic acids is 1. The van der Waals surface area contributed by atoms with Gasteiger partial charge in [0.25, 0.3) is 0 Å². The van der Waals surface area contributed by atoms with Crippen molar-refractivity contribution in [1.82, 2.24) is 4.72 Å². The van der Waals surface area contributed by atoms with Gasteiger partial charge in [0.05, 0.1) is 3.79 Å². The average molecular weight is 400 g/mol. The zero-order valence-corrected chi connectivity index (χ0v) is 14.9.